The molecule has 3 aromatic carbocycles. The Morgan fingerprint density at radius 1 is 0.886 bits per heavy atom. The number of carbonyl (C=O) groups is 1. The molecule has 2 aliphatic rings. The zero-order valence-corrected chi connectivity index (χ0v) is 26.1. The SMILES string of the molecule is C.CC(C)c1ccc(S(=O)(=O)N[C@H](CC(=O)N[C@@H]2CCCc3cc(CNC4CCCCC4)ccc32)c2ccc(F)cc2)cc1. The molecule has 2 atom stereocenters. The smallest absolute Gasteiger partial charge is 0.241 e. The van der Waals surface area contributed by atoms with E-state index in [1.807, 2.05) is 13.8 Å². The third-order valence-corrected chi connectivity index (χ3v) is 10.4. The molecule has 0 heterocycles. The lowest BCUT2D eigenvalue weighted by atomic mass is 9.86. The minimum absolute atomic E-state index is 0. The number of hydrogen-bond acceptors (Lipinski definition) is 4. The summed E-state index contributed by atoms with van der Waals surface area (Å²) in [4.78, 5) is 13.6. The van der Waals surface area contributed by atoms with Crippen molar-refractivity contribution in [3.8, 4) is 0 Å². The fraction of sp³-hybridized carbons (Fsp3) is 0.472. The Balaban J connectivity index is 0.00000442. The van der Waals surface area contributed by atoms with Crippen molar-refractivity contribution < 1.29 is 17.6 Å². The Bertz CT molecular complexity index is 1480. The molecule has 0 saturated heterocycles. The monoisotopic (exact) mass is 621 g/mol. The van der Waals surface area contributed by atoms with Crippen LogP contribution in [0.25, 0.3) is 0 Å². The number of amides is 1. The molecule has 1 amide bonds. The number of benzene rings is 3. The summed E-state index contributed by atoms with van der Waals surface area (Å²) in [5.74, 6) is -0.408. The summed E-state index contributed by atoms with van der Waals surface area (Å²) in [6.45, 7) is 4.95. The van der Waals surface area contributed by atoms with Gasteiger partial charge in [-0.15, -0.1) is 0 Å². The molecular weight excluding hydrogens is 573 g/mol. The topological polar surface area (TPSA) is 87.3 Å². The van der Waals surface area contributed by atoms with Gasteiger partial charge in [0.25, 0.3) is 0 Å². The van der Waals surface area contributed by atoms with Crippen molar-refractivity contribution in [2.45, 2.75) is 115 Å². The highest BCUT2D eigenvalue weighted by Crippen LogP contribution is 2.31. The van der Waals surface area contributed by atoms with Gasteiger partial charge in [0.05, 0.1) is 17.0 Å². The highest BCUT2D eigenvalue weighted by atomic mass is 32.2. The van der Waals surface area contributed by atoms with E-state index in [1.54, 1.807) is 24.3 Å². The molecular formula is C36H48FN3O3S. The van der Waals surface area contributed by atoms with E-state index in [0.717, 1.165) is 36.9 Å². The first-order valence-corrected chi connectivity index (χ1v) is 17.2. The van der Waals surface area contributed by atoms with Crippen molar-refractivity contribution >= 4 is 15.9 Å². The number of rotatable bonds is 11. The van der Waals surface area contributed by atoms with Crippen molar-refractivity contribution in [2.75, 3.05) is 0 Å². The number of aryl methyl sites for hydroxylation is 1. The van der Waals surface area contributed by atoms with Crippen LogP contribution in [0.4, 0.5) is 4.39 Å². The van der Waals surface area contributed by atoms with E-state index in [2.05, 4.69) is 33.6 Å². The van der Waals surface area contributed by atoms with Crippen molar-refractivity contribution in [2.24, 2.45) is 0 Å². The van der Waals surface area contributed by atoms with Crippen LogP contribution in [0.15, 0.2) is 71.6 Å². The molecule has 3 aromatic rings. The molecule has 0 bridgehead atoms. The Labute approximate surface area is 263 Å². The van der Waals surface area contributed by atoms with Gasteiger partial charge in [0, 0.05) is 19.0 Å². The zero-order valence-electron chi connectivity index (χ0n) is 25.2. The Morgan fingerprint density at radius 2 is 1.57 bits per heavy atom. The second-order valence-electron chi connectivity index (χ2n) is 12.4. The van der Waals surface area contributed by atoms with E-state index in [9.17, 15) is 17.6 Å². The molecule has 0 unspecified atom stereocenters. The van der Waals surface area contributed by atoms with Crippen LogP contribution in [0, 0.1) is 5.82 Å². The van der Waals surface area contributed by atoms with Gasteiger partial charge in [0.2, 0.25) is 15.9 Å². The fourth-order valence-electron chi connectivity index (χ4n) is 6.34. The maximum atomic E-state index is 13.7. The fourth-order valence-corrected chi connectivity index (χ4v) is 7.57. The molecule has 0 aromatic heterocycles. The molecule has 238 valence electrons. The first kappa shape index (κ1) is 33.8. The normalized spacial score (nSPS) is 17.9. The largest absolute Gasteiger partial charge is 0.349 e. The van der Waals surface area contributed by atoms with Gasteiger partial charge in [-0.25, -0.2) is 17.5 Å². The standard InChI is InChI=1S/C35H44FN3O3S.CH4/c1-24(2)26-14-18-31(19-15-26)43(41,42)39-34(27-12-16-29(36)17-13-27)22-35(40)38-33-10-6-7-28-21-25(11-20-32(28)33)23-37-30-8-4-3-5-9-30;/h11-21,24,30,33-34,37,39H,3-10,22-23H2,1-2H3,(H,38,40);1H4/t33-,34-;/m1./s1. The van der Waals surface area contributed by atoms with E-state index < -0.39 is 21.9 Å². The van der Waals surface area contributed by atoms with Gasteiger partial charge in [0.15, 0.2) is 0 Å². The van der Waals surface area contributed by atoms with Gasteiger partial charge in [-0.2, -0.15) is 0 Å². The van der Waals surface area contributed by atoms with Crippen molar-refractivity contribution in [3.63, 3.8) is 0 Å². The second kappa shape index (κ2) is 15.3. The number of sulfonamides is 1. The number of carbonyl (C=O) groups excluding carboxylic acids is 1. The Morgan fingerprint density at radius 3 is 2.25 bits per heavy atom. The summed E-state index contributed by atoms with van der Waals surface area (Å²) in [6, 6.07) is 18.5. The molecule has 5 rings (SSSR count). The van der Waals surface area contributed by atoms with Crippen LogP contribution in [0.3, 0.4) is 0 Å². The maximum absolute atomic E-state index is 13.7. The van der Waals surface area contributed by atoms with Crippen LogP contribution in [-0.2, 0) is 27.8 Å². The van der Waals surface area contributed by atoms with E-state index in [0.29, 0.717) is 11.6 Å². The van der Waals surface area contributed by atoms with Gasteiger partial charge >= 0.3 is 0 Å². The first-order chi connectivity index (χ1) is 20.7. The van der Waals surface area contributed by atoms with Crippen LogP contribution < -0.4 is 15.4 Å². The third kappa shape index (κ3) is 8.77. The van der Waals surface area contributed by atoms with Crippen LogP contribution in [0.1, 0.15) is 118 Å². The van der Waals surface area contributed by atoms with Crippen LogP contribution in [-0.4, -0.2) is 20.4 Å². The molecule has 6 nitrogen and oxygen atoms in total. The Kier molecular flexibility index (Phi) is 11.7. The lowest BCUT2D eigenvalue weighted by molar-refractivity contribution is -0.122. The van der Waals surface area contributed by atoms with Gasteiger partial charge < -0.3 is 10.6 Å². The number of nitrogens with one attached hydrogen (secondary N) is 3. The lowest BCUT2D eigenvalue weighted by Gasteiger charge is -2.28. The van der Waals surface area contributed by atoms with Crippen molar-refractivity contribution in [3.05, 3.63) is 100 Å². The van der Waals surface area contributed by atoms with Gasteiger partial charge in [-0.1, -0.05) is 83.0 Å². The average molecular weight is 622 g/mol. The van der Waals surface area contributed by atoms with Crippen LogP contribution in [0.2, 0.25) is 0 Å². The summed E-state index contributed by atoms with van der Waals surface area (Å²) in [5.41, 5.74) is 5.22. The third-order valence-electron chi connectivity index (χ3n) is 8.87. The van der Waals surface area contributed by atoms with Gasteiger partial charge in [-0.3, -0.25) is 4.79 Å². The summed E-state index contributed by atoms with van der Waals surface area (Å²) in [6.07, 6.45) is 9.11. The lowest BCUT2D eigenvalue weighted by Crippen LogP contribution is -2.36. The molecule has 44 heavy (non-hydrogen) atoms. The van der Waals surface area contributed by atoms with Gasteiger partial charge in [0.1, 0.15) is 5.82 Å². The van der Waals surface area contributed by atoms with Crippen LogP contribution in [0.5, 0.6) is 0 Å². The molecule has 2 aliphatic carbocycles. The highest BCUT2D eigenvalue weighted by molar-refractivity contribution is 7.89. The molecule has 3 N–H and O–H groups in total. The quantitative estimate of drug-likeness (QED) is 0.206. The number of hydrogen-bond donors (Lipinski definition) is 3. The summed E-state index contributed by atoms with van der Waals surface area (Å²) < 4.78 is 43.2. The summed E-state index contributed by atoms with van der Waals surface area (Å²) in [7, 11) is -3.94. The molecule has 1 fully saturated rings. The van der Waals surface area contributed by atoms with Crippen molar-refractivity contribution in [1.29, 1.82) is 0 Å². The zero-order chi connectivity index (χ0) is 30.4. The number of halogens is 1. The van der Waals surface area contributed by atoms with Crippen LogP contribution >= 0.6 is 0 Å². The highest BCUT2D eigenvalue weighted by Gasteiger charge is 2.27. The van der Waals surface area contributed by atoms with E-state index in [1.165, 1.54) is 67.5 Å². The molecule has 0 aliphatic heterocycles. The number of fused-ring (bicyclic) bond motifs is 1. The second-order valence-corrected chi connectivity index (χ2v) is 14.1. The molecule has 0 spiro atoms. The summed E-state index contributed by atoms with van der Waals surface area (Å²) in [5, 5.41) is 6.89. The minimum Gasteiger partial charge on any atom is -0.349 e. The summed E-state index contributed by atoms with van der Waals surface area (Å²) >= 11 is 0. The van der Waals surface area contributed by atoms with E-state index in [-0.39, 0.29) is 36.6 Å². The van der Waals surface area contributed by atoms with E-state index in [4.69, 9.17) is 0 Å². The predicted molar refractivity (Wildman–Crippen MR) is 175 cm³/mol. The van der Waals surface area contributed by atoms with E-state index >= 15 is 0 Å². The van der Waals surface area contributed by atoms with Gasteiger partial charge in [-0.05, 0) is 90.1 Å². The predicted octanol–water partition coefficient (Wildman–Crippen LogP) is 7.61. The molecule has 8 heteroatoms. The Hall–Kier alpha value is -3.07. The minimum atomic E-state index is -3.94. The van der Waals surface area contributed by atoms with Crippen molar-refractivity contribution in [1.82, 2.24) is 15.4 Å². The molecule has 1 saturated carbocycles. The molecule has 0 radical (unpaired) electrons. The average Bonchev–Trinajstić information content (AvgIpc) is 3.00. The maximum Gasteiger partial charge on any atom is 0.241 e. The first-order valence-electron chi connectivity index (χ1n) is 15.7.